The minimum atomic E-state index is -4.09. The minimum Gasteiger partial charge on any atom is -0.465 e. The van der Waals surface area contributed by atoms with E-state index in [-0.39, 0.29) is 40.7 Å². The van der Waals surface area contributed by atoms with Crippen LogP contribution in [-0.2, 0) is 28.6 Å². The van der Waals surface area contributed by atoms with E-state index >= 15 is 0 Å². The van der Waals surface area contributed by atoms with Gasteiger partial charge in [-0.15, -0.1) is 0 Å². The first-order chi connectivity index (χ1) is 23.1. The van der Waals surface area contributed by atoms with Crippen LogP contribution in [0, 0.1) is 12.7 Å². The number of aryl methyl sites for hydroxylation is 1. The molecule has 11 nitrogen and oxygen atoms in total. The Morgan fingerprint density at radius 2 is 1.76 bits per heavy atom. The van der Waals surface area contributed by atoms with Gasteiger partial charge in [0.15, 0.2) is 0 Å². The van der Waals surface area contributed by atoms with Crippen molar-refractivity contribution in [3.63, 3.8) is 0 Å². The van der Waals surface area contributed by atoms with Gasteiger partial charge < -0.3 is 15.2 Å². The molecular weight excluding hydrogens is 691 g/mol. The zero-order valence-electron chi connectivity index (χ0n) is 26.1. The summed E-state index contributed by atoms with van der Waals surface area (Å²) >= 11 is 6.48. The van der Waals surface area contributed by atoms with Gasteiger partial charge in [-0.25, -0.2) is 18.0 Å². The Bertz CT molecular complexity index is 1810. The van der Waals surface area contributed by atoms with Crippen molar-refractivity contribution in [3.05, 3.63) is 94.8 Å². The largest absolute Gasteiger partial charge is 0.465 e. The topological polar surface area (TPSA) is 143 Å². The maximum Gasteiger partial charge on any atom is 0.408 e. The second-order valence-electron chi connectivity index (χ2n) is 11.9. The Morgan fingerprint density at radius 3 is 2.39 bits per heavy atom. The van der Waals surface area contributed by atoms with E-state index in [1.54, 1.807) is 25.1 Å². The number of nitrogens with zero attached hydrogens (tertiary/aromatic N) is 2. The van der Waals surface area contributed by atoms with Gasteiger partial charge in [0.1, 0.15) is 17.9 Å². The van der Waals surface area contributed by atoms with E-state index < -0.39 is 83.4 Å². The van der Waals surface area contributed by atoms with Crippen molar-refractivity contribution in [2.45, 2.75) is 61.2 Å². The zero-order valence-corrected chi connectivity index (χ0v) is 27.7. The van der Waals surface area contributed by atoms with Crippen LogP contribution in [-0.4, -0.2) is 80.2 Å². The quantitative estimate of drug-likeness (QED) is 0.189. The van der Waals surface area contributed by atoms with Crippen LogP contribution in [0.3, 0.4) is 0 Å². The van der Waals surface area contributed by atoms with Gasteiger partial charge >= 0.3 is 6.09 Å². The predicted molar refractivity (Wildman–Crippen MR) is 171 cm³/mol. The van der Waals surface area contributed by atoms with Gasteiger partial charge in [-0.2, -0.15) is 8.42 Å². The van der Waals surface area contributed by atoms with Crippen molar-refractivity contribution < 1.29 is 50.0 Å². The number of anilines is 1. The molecule has 2 aliphatic rings. The summed E-state index contributed by atoms with van der Waals surface area (Å²) in [5, 5.41) is 12.6. The molecule has 0 bridgehead atoms. The number of nitrogens with one attached hydrogen (secondary N) is 1. The fourth-order valence-electron chi connectivity index (χ4n) is 5.82. The number of ether oxygens (including phenoxy) is 1. The minimum absolute atomic E-state index is 0.0408. The van der Waals surface area contributed by atoms with Crippen LogP contribution in [0.5, 0.6) is 0 Å². The zero-order chi connectivity index (χ0) is 35.5. The van der Waals surface area contributed by atoms with Crippen LogP contribution in [0.2, 0.25) is 5.02 Å². The number of benzene rings is 3. The number of hydrogen-bond donors (Lipinski definition) is 2. The molecule has 262 valence electrons. The van der Waals surface area contributed by atoms with Crippen LogP contribution in [0.1, 0.15) is 36.4 Å². The van der Waals surface area contributed by atoms with Crippen molar-refractivity contribution in [3.8, 4) is 0 Å². The fraction of sp³-hybridized carbons (Fsp3) is 0.364. The Hall–Kier alpha value is -4.18. The first-order valence-electron chi connectivity index (χ1n) is 15.2. The highest BCUT2D eigenvalue weighted by Gasteiger charge is 2.49. The SMILES string of the molecule is Cc1ccc(S(=O)(=O)OCCOC2CC(C(=O)N(c3cccc(F)c3)[C@H](C(=O)NC3CC(F)(F)C3)c3ccccc3Cl)N(C(=O)O)C2)cc1. The fourth-order valence-corrected chi connectivity index (χ4v) is 6.96. The summed E-state index contributed by atoms with van der Waals surface area (Å²) in [6, 6.07) is 12.8. The second-order valence-corrected chi connectivity index (χ2v) is 13.9. The first-order valence-corrected chi connectivity index (χ1v) is 17.0. The second kappa shape index (κ2) is 14.7. The number of carbonyl (C=O) groups is 3. The maximum absolute atomic E-state index is 14.6. The molecule has 16 heteroatoms. The van der Waals surface area contributed by atoms with E-state index in [2.05, 4.69) is 5.32 Å². The van der Waals surface area contributed by atoms with E-state index in [9.17, 15) is 41.1 Å². The highest BCUT2D eigenvalue weighted by molar-refractivity contribution is 7.86. The average Bonchev–Trinajstić information content (AvgIpc) is 3.46. The molecule has 0 radical (unpaired) electrons. The number of alkyl halides is 2. The van der Waals surface area contributed by atoms with E-state index in [1.807, 2.05) is 0 Å². The molecule has 3 atom stereocenters. The summed E-state index contributed by atoms with van der Waals surface area (Å²) in [4.78, 5) is 42.3. The highest BCUT2D eigenvalue weighted by Crippen LogP contribution is 2.39. The lowest BCUT2D eigenvalue weighted by molar-refractivity contribution is -0.133. The molecule has 49 heavy (non-hydrogen) atoms. The van der Waals surface area contributed by atoms with Crippen molar-refractivity contribution in [1.29, 1.82) is 0 Å². The molecule has 0 aromatic heterocycles. The lowest BCUT2D eigenvalue weighted by Crippen LogP contribution is -2.56. The summed E-state index contributed by atoms with van der Waals surface area (Å²) in [5.74, 6) is -5.55. The summed E-state index contributed by atoms with van der Waals surface area (Å²) in [6.07, 6.45) is -3.83. The number of rotatable bonds is 12. The highest BCUT2D eigenvalue weighted by atomic mass is 35.5. The molecule has 2 fully saturated rings. The molecule has 3 aromatic rings. The van der Waals surface area contributed by atoms with Crippen molar-refractivity contribution >= 4 is 45.3 Å². The van der Waals surface area contributed by atoms with Crippen LogP contribution >= 0.6 is 11.6 Å². The average molecular weight is 724 g/mol. The first kappa shape index (κ1) is 36.1. The molecule has 1 aliphatic carbocycles. The lowest BCUT2D eigenvalue weighted by atomic mass is 9.87. The number of hydrogen-bond acceptors (Lipinski definition) is 7. The summed E-state index contributed by atoms with van der Waals surface area (Å²) in [7, 11) is -4.09. The maximum atomic E-state index is 14.6. The third-order valence-electron chi connectivity index (χ3n) is 8.25. The van der Waals surface area contributed by atoms with Crippen LogP contribution in [0.4, 0.5) is 23.7 Å². The third kappa shape index (κ3) is 8.52. The molecule has 3 amide bonds. The monoisotopic (exact) mass is 723 g/mol. The van der Waals surface area contributed by atoms with Crippen molar-refractivity contribution in [2.75, 3.05) is 24.7 Å². The molecule has 0 spiro atoms. The van der Waals surface area contributed by atoms with E-state index in [0.717, 1.165) is 27.5 Å². The Morgan fingerprint density at radius 1 is 1.06 bits per heavy atom. The van der Waals surface area contributed by atoms with Crippen LogP contribution < -0.4 is 10.2 Å². The summed E-state index contributed by atoms with van der Waals surface area (Å²) in [5.41, 5.74) is 0.826. The molecule has 5 rings (SSSR count). The van der Waals surface area contributed by atoms with Gasteiger partial charge in [0, 0.05) is 41.6 Å². The van der Waals surface area contributed by atoms with Crippen LogP contribution in [0.25, 0.3) is 0 Å². The van der Waals surface area contributed by atoms with E-state index in [1.165, 1.54) is 42.5 Å². The number of carbonyl (C=O) groups excluding carboxylic acids is 2. The number of amides is 3. The normalized spacial score (nSPS) is 19.6. The number of likely N-dealkylation sites (tertiary alicyclic amines) is 1. The molecule has 2 N–H and O–H groups in total. The summed E-state index contributed by atoms with van der Waals surface area (Å²) < 4.78 is 77.7. The van der Waals surface area contributed by atoms with Crippen LogP contribution in [0.15, 0.2) is 77.7 Å². The van der Waals surface area contributed by atoms with E-state index in [0.29, 0.717) is 0 Å². The number of halogens is 4. The molecule has 1 saturated carbocycles. The van der Waals surface area contributed by atoms with Crippen molar-refractivity contribution in [2.24, 2.45) is 0 Å². The lowest BCUT2D eigenvalue weighted by Gasteiger charge is -2.39. The summed E-state index contributed by atoms with van der Waals surface area (Å²) in [6.45, 7) is 0.831. The smallest absolute Gasteiger partial charge is 0.408 e. The predicted octanol–water partition coefficient (Wildman–Crippen LogP) is 5.32. The van der Waals surface area contributed by atoms with Gasteiger partial charge in [-0.1, -0.05) is 53.6 Å². The number of carboxylic acid groups (broad SMARTS) is 1. The molecule has 3 aromatic carbocycles. The van der Waals surface area contributed by atoms with E-state index in [4.69, 9.17) is 20.5 Å². The van der Waals surface area contributed by atoms with Gasteiger partial charge in [-0.3, -0.25) is 23.6 Å². The third-order valence-corrected chi connectivity index (χ3v) is 9.92. The standard InChI is InChI=1S/C33H33ClF3N3O8S/c1-20-9-11-25(12-10-20)49(45,46)48-14-13-47-24-16-28(39(19-24)32(43)44)31(42)40(23-6-4-5-21(35)15-23)29(26-7-2-3-8-27(26)34)30(41)38-22-17-33(36,37)18-22/h2-12,15,22,24,28-29H,13-14,16-19H2,1H3,(H,38,41)(H,43,44)/t24?,28?,29-/m0/s1. The molecule has 2 unspecified atom stereocenters. The van der Waals surface area contributed by atoms with Gasteiger partial charge in [0.2, 0.25) is 5.91 Å². The Balaban J connectivity index is 1.39. The Kier molecular flexibility index (Phi) is 10.9. The molecule has 1 aliphatic heterocycles. The van der Waals surface area contributed by atoms with Gasteiger partial charge in [0.25, 0.3) is 21.9 Å². The molecular formula is C33H33ClF3N3O8S. The van der Waals surface area contributed by atoms with Gasteiger partial charge in [0.05, 0.1) is 30.8 Å². The Labute approximate surface area is 285 Å². The van der Waals surface area contributed by atoms with Gasteiger partial charge in [-0.05, 0) is 43.3 Å². The van der Waals surface area contributed by atoms with Crippen molar-refractivity contribution in [1.82, 2.24) is 10.2 Å². The molecule has 1 heterocycles. The molecule has 1 saturated heterocycles.